The third-order valence-electron chi connectivity index (χ3n) is 5.22. The van der Waals surface area contributed by atoms with Crippen LogP contribution in [-0.2, 0) is 20.7 Å². The molecule has 31 heavy (non-hydrogen) atoms. The zero-order valence-electron chi connectivity index (χ0n) is 17.5. The van der Waals surface area contributed by atoms with E-state index >= 15 is 0 Å². The van der Waals surface area contributed by atoms with Gasteiger partial charge in [0.25, 0.3) is 0 Å². The number of morpholine rings is 1. The number of ether oxygens (including phenoxy) is 1. The second-order valence-electron chi connectivity index (χ2n) is 7.52. The van der Waals surface area contributed by atoms with E-state index < -0.39 is 0 Å². The Balaban J connectivity index is 1.24. The van der Waals surface area contributed by atoms with Crippen LogP contribution in [0.3, 0.4) is 0 Å². The number of aryl methyl sites for hydroxylation is 1. The lowest BCUT2D eigenvalue weighted by Gasteiger charge is -2.28. The molecule has 1 fully saturated rings. The highest BCUT2D eigenvalue weighted by atomic mass is 32.1. The second kappa shape index (κ2) is 9.89. The molecule has 1 aromatic heterocycles. The molecule has 1 saturated heterocycles. The number of hydrogen-bond acceptors (Lipinski definition) is 6. The number of benzene rings is 2. The number of amides is 2. The third-order valence-corrected chi connectivity index (χ3v) is 6.32. The Labute approximate surface area is 185 Å². The maximum atomic E-state index is 12.4. The van der Waals surface area contributed by atoms with Crippen LogP contribution in [-0.4, -0.2) is 61.6 Å². The van der Waals surface area contributed by atoms with Crippen LogP contribution in [0.2, 0.25) is 0 Å². The fourth-order valence-electron chi connectivity index (χ4n) is 3.51. The largest absolute Gasteiger partial charge is 0.378 e. The number of aromatic nitrogens is 1. The number of rotatable bonds is 7. The van der Waals surface area contributed by atoms with Crippen molar-refractivity contribution in [3.8, 4) is 0 Å². The van der Waals surface area contributed by atoms with Crippen LogP contribution >= 0.6 is 11.3 Å². The summed E-state index contributed by atoms with van der Waals surface area (Å²) in [5, 5.41) is 3.80. The highest BCUT2D eigenvalue weighted by Crippen LogP contribution is 2.22. The number of likely N-dealkylation sites (N-methyl/N-ethyl adjacent to an activating group) is 1. The molecule has 0 spiro atoms. The first kappa shape index (κ1) is 21.3. The lowest BCUT2D eigenvalue weighted by molar-refractivity contribution is -0.133. The molecule has 1 N–H and O–H groups in total. The third kappa shape index (κ3) is 5.59. The Morgan fingerprint density at radius 2 is 1.87 bits per heavy atom. The van der Waals surface area contributed by atoms with E-state index in [0.29, 0.717) is 12.8 Å². The number of carbonyl (C=O) groups is 2. The standard InChI is InChI=1S/C23H26N4O3S/c1-26(23(29)11-10-22-25-19-4-2-3-5-20(19)31-22)16-21(28)24-17-6-8-18(9-7-17)27-12-14-30-15-13-27/h2-9H,10-16H2,1H3,(H,24,28). The molecule has 0 atom stereocenters. The topological polar surface area (TPSA) is 74.8 Å². The molecule has 2 heterocycles. The molecule has 1 aliphatic heterocycles. The molecule has 2 aromatic carbocycles. The highest BCUT2D eigenvalue weighted by Gasteiger charge is 2.15. The molecular weight excluding hydrogens is 412 g/mol. The normalized spacial score (nSPS) is 13.9. The van der Waals surface area contributed by atoms with Gasteiger partial charge < -0.3 is 19.9 Å². The molecule has 0 radical (unpaired) electrons. The van der Waals surface area contributed by atoms with Crippen molar-refractivity contribution in [2.45, 2.75) is 12.8 Å². The molecule has 162 valence electrons. The minimum atomic E-state index is -0.213. The molecular formula is C23H26N4O3S. The molecule has 0 aliphatic carbocycles. The maximum Gasteiger partial charge on any atom is 0.243 e. The van der Waals surface area contributed by atoms with Gasteiger partial charge in [-0.1, -0.05) is 12.1 Å². The number of nitrogens with one attached hydrogen (secondary N) is 1. The van der Waals surface area contributed by atoms with E-state index in [1.54, 1.807) is 18.4 Å². The van der Waals surface area contributed by atoms with Gasteiger partial charge in [-0.25, -0.2) is 4.98 Å². The van der Waals surface area contributed by atoms with Gasteiger partial charge in [0.15, 0.2) is 0 Å². The van der Waals surface area contributed by atoms with Crippen LogP contribution in [0.15, 0.2) is 48.5 Å². The average Bonchev–Trinajstić information content (AvgIpc) is 3.21. The summed E-state index contributed by atoms with van der Waals surface area (Å²) in [5.41, 5.74) is 2.79. The Morgan fingerprint density at radius 3 is 2.61 bits per heavy atom. The van der Waals surface area contributed by atoms with Crippen LogP contribution in [0.4, 0.5) is 11.4 Å². The predicted octanol–water partition coefficient (Wildman–Crippen LogP) is 3.16. The molecule has 3 aromatic rings. The zero-order valence-corrected chi connectivity index (χ0v) is 18.4. The Kier molecular flexibility index (Phi) is 6.79. The van der Waals surface area contributed by atoms with Crippen molar-refractivity contribution in [2.75, 3.05) is 50.1 Å². The summed E-state index contributed by atoms with van der Waals surface area (Å²) in [5.74, 6) is -0.285. The van der Waals surface area contributed by atoms with Crippen molar-refractivity contribution < 1.29 is 14.3 Å². The lowest BCUT2D eigenvalue weighted by Crippen LogP contribution is -2.36. The first-order valence-corrected chi connectivity index (χ1v) is 11.2. The van der Waals surface area contributed by atoms with Gasteiger partial charge in [-0.15, -0.1) is 11.3 Å². The number of anilines is 2. The van der Waals surface area contributed by atoms with Crippen LogP contribution in [0, 0.1) is 0 Å². The summed E-state index contributed by atoms with van der Waals surface area (Å²) in [7, 11) is 1.65. The van der Waals surface area contributed by atoms with Gasteiger partial charge >= 0.3 is 0 Å². The maximum absolute atomic E-state index is 12.4. The molecule has 0 unspecified atom stereocenters. The fraction of sp³-hybridized carbons (Fsp3) is 0.348. The van der Waals surface area contributed by atoms with E-state index in [1.807, 2.05) is 48.5 Å². The van der Waals surface area contributed by atoms with E-state index in [9.17, 15) is 9.59 Å². The lowest BCUT2D eigenvalue weighted by atomic mass is 10.2. The van der Waals surface area contributed by atoms with Gasteiger partial charge in [0, 0.05) is 44.4 Å². The Morgan fingerprint density at radius 1 is 1.13 bits per heavy atom. The van der Waals surface area contributed by atoms with E-state index in [2.05, 4.69) is 15.2 Å². The van der Waals surface area contributed by atoms with E-state index in [1.165, 1.54) is 4.90 Å². The van der Waals surface area contributed by atoms with E-state index in [4.69, 9.17) is 4.74 Å². The molecule has 4 rings (SSSR count). The molecule has 1 aliphatic rings. The first-order valence-electron chi connectivity index (χ1n) is 10.4. The van der Waals surface area contributed by atoms with E-state index in [-0.39, 0.29) is 18.4 Å². The van der Waals surface area contributed by atoms with Gasteiger partial charge in [0.1, 0.15) is 0 Å². The number of carbonyl (C=O) groups excluding carboxylic acids is 2. The van der Waals surface area contributed by atoms with Gasteiger partial charge in [0.2, 0.25) is 11.8 Å². The summed E-state index contributed by atoms with van der Waals surface area (Å²) in [4.78, 5) is 33.1. The highest BCUT2D eigenvalue weighted by molar-refractivity contribution is 7.18. The molecule has 0 saturated carbocycles. The number of nitrogens with zero attached hydrogens (tertiary/aromatic N) is 3. The number of hydrogen-bond donors (Lipinski definition) is 1. The number of fused-ring (bicyclic) bond motifs is 1. The fourth-order valence-corrected chi connectivity index (χ4v) is 4.48. The molecule has 7 nitrogen and oxygen atoms in total. The van der Waals surface area contributed by atoms with Crippen molar-refractivity contribution in [3.05, 3.63) is 53.5 Å². The van der Waals surface area contributed by atoms with Crippen LogP contribution in [0.5, 0.6) is 0 Å². The SMILES string of the molecule is CN(CC(=O)Nc1ccc(N2CCOCC2)cc1)C(=O)CCc1nc2ccccc2s1. The molecule has 0 bridgehead atoms. The zero-order chi connectivity index (χ0) is 21.6. The number of para-hydroxylation sites is 1. The summed E-state index contributed by atoms with van der Waals surface area (Å²) in [6.45, 7) is 3.23. The summed E-state index contributed by atoms with van der Waals surface area (Å²) in [6, 6.07) is 15.7. The predicted molar refractivity (Wildman–Crippen MR) is 124 cm³/mol. The minimum Gasteiger partial charge on any atom is -0.378 e. The Hall–Kier alpha value is -2.97. The Bertz CT molecular complexity index is 1010. The monoisotopic (exact) mass is 438 g/mol. The van der Waals surface area contributed by atoms with Gasteiger partial charge in [0.05, 0.1) is 35.0 Å². The van der Waals surface area contributed by atoms with Crippen molar-refractivity contribution in [3.63, 3.8) is 0 Å². The molecule has 8 heteroatoms. The molecule has 2 amide bonds. The van der Waals surface area contributed by atoms with Gasteiger partial charge in [-0.3, -0.25) is 9.59 Å². The van der Waals surface area contributed by atoms with E-state index in [0.717, 1.165) is 52.9 Å². The van der Waals surface area contributed by atoms with Gasteiger partial charge in [-0.2, -0.15) is 0 Å². The van der Waals surface area contributed by atoms with Crippen molar-refractivity contribution in [2.24, 2.45) is 0 Å². The van der Waals surface area contributed by atoms with Crippen LogP contribution < -0.4 is 10.2 Å². The minimum absolute atomic E-state index is 0.0178. The van der Waals surface area contributed by atoms with Crippen LogP contribution in [0.1, 0.15) is 11.4 Å². The average molecular weight is 439 g/mol. The summed E-state index contributed by atoms with van der Waals surface area (Å²) < 4.78 is 6.50. The van der Waals surface area contributed by atoms with Crippen molar-refractivity contribution in [1.82, 2.24) is 9.88 Å². The van der Waals surface area contributed by atoms with Crippen molar-refractivity contribution >= 4 is 44.7 Å². The smallest absolute Gasteiger partial charge is 0.243 e. The number of thiazole rings is 1. The second-order valence-corrected chi connectivity index (χ2v) is 8.63. The summed E-state index contributed by atoms with van der Waals surface area (Å²) in [6.07, 6.45) is 0.908. The van der Waals surface area contributed by atoms with Crippen LogP contribution in [0.25, 0.3) is 10.2 Å². The van der Waals surface area contributed by atoms with Crippen molar-refractivity contribution in [1.29, 1.82) is 0 Å². The quantitative estimate of drug-likeness (QED) is 0.613. The van der Waals surface area contributed by atoms with Gasteiger partial charge in [-0.05, 0) is 36.4 Å². The summed E-state index contributed by atoms with van der Waals surface area (Å²) >= 11 is 1.61. The first-order chi connectivity index (χ1) is 15.1.